The van der Waals surface area contributed by atoms with Crippen LogP contribution in [-0.4, -0.2) is 73.4 Å². The lowest BCUT2D eigenvalue weighted by molar-refractivity contribution is -0.134. The summed E-state index contributed by atoms with van der Waals surface area (Å²) in [6, 6.07) is 13.1. The number of anilines is 1. The molecule has 218 valence electrons. The topological polar surface area (TPSA) is 116 Å². The van der Waals surface area contributed by atoms with E-state index in [2.05, 4.69) is 5.32 Å². The molecule has 2 amide bonds. The maximum Gasteiger partial charge on any atom is 0.242 e. The van der Waals surface area contributed by atoms with Crippen LogP contribution in [0.25, 0.3) is 0 Å². The molecule has 0 saturated heterocycles. The number of nitrogens with zero attached hydrogens (tertiary/aromatic N) is 2. The van der Waals surface area contributed by atoms with Crippen molar-refractivity contribution in [3.05, 3.63) is 54.1 Å². The van der Waals surface area contributed by atoms with Crippen LogP contribution in [0, 0.1) is 11.8 Å². The lowest BCUT2D eigenvalue weighted by Crippen LogP contribution is -2.48. The monoisotopic (exact) mass is 571 g/mol. The molecule has 0 bridgehead atoms. The van der Waals surface area contributed by atoms with Crippen LogP contribution in [0.4, 0.5) is 5.69 Å². The minimum atomic E-state index is -3.76. The van der Waals surface area contributed by atoms with Crippen LogP contribution in [0.2, 0.25) is 0 Å². The second-order valence-electron chi connectivity index (χ2n) is 11.1. The molecule has 10 heteroatoms. The summed E-state index contributed by atoms with van der Waals surface area (Å²) in [5, 5.41) is 12.9. The Morgan fingerprint density at radius 2 is 1.85 bits per heavy atom. The van der Waals surface area contributed by atoms with Crippen LogP contribution in [0.3, 0.4) is 0 Å². The first-order valence-electron chi connectivity index (χ1n) is 14.1. The fourth-order valence-corrected chi connectivity index (χ4v) is 6.66. The molecule has 1 aliphatic carbocycles. The molecular weight excluding hydrogens is 530 g/mol. The Kier molecular flexibility index (Phi) is 9.86. The summed E-state index contributed by atoms with van der Waals surface area (Å²) >= 11 is 0. The van der Waals surface area contributed by atoms with Gasteiger partial charge in [-0.25, -0.2) is 8.42 Å². The SMILES string of the molecule is C[C@H]1CN([C@@H](C)CO)C(=O)Cc2cc(NC(=O)C3CCCCC3)ccc2O[C@H]1CN(C)S(=O)(=O)c1ccccc1. The quantitative estimate of drug-likeness (QED) is 0.500. The van der Waals surface area contributed by atoms with Crippen molar-refractivity contribution in [1.82, 2.24) is 9.21 Å². The van der Waals surface area contributed by atoms with Gasteiger partial charge in [0.15, 0.2) is 0 Å². The predicted molar refractivity (Wildman–Crippen MR) is 153 cm³/mol. The second-order valence-corrected chi connectivity index (χ2v) is 13.2. The van der Waals surface area contributed by atoms with E-state index in [-0.39, 0.29) is 48.1 Å². The van der Waals surface area contributed by atoms with Gasteiger partial charge < -0.3 is 20.1 Å². The molecule has 1 aliphatic heterocycles. The fourth-order valence-electron chi connectivity index (χ4n) is 5.46. The number of aliphatic hydroxyl groups excluding tert-OH is 1. The number of hydrogen-bond acceptors (Lipinski definition) is 6. The number of ether oxygens (including phenoxy) is 1. The summed E-state index contributed by atoms with van der Waals surface area (Å²) in [6.07, 6.45) is 4.48. The van der Waals surface area contributed by atoms with E-state index in [9.17, 15) is 23.1 Å². The molecular formula is C30H41N3O6S. The van der Waals surface area contributed by atoms with Crippen LogP contribution in [0.5, 0.6) is 5.75 Å². The van der Waals surface area contributed by atoms with Gasteiger partial charge in [0.1, 0.15) is 11.9 Å². The molecule has 0 aromatic heterocycles. The third-order valence-corrected chi connectivity index (χ3v) is 9.89. The number of rotatable bonds is 8. The van der Waals surface area contributed by atoms with Crippen molar-refractivity contribution in [2.45, 2.75) is 69.4 Å². The molecule has 2 N–H and O–H groups in total. The first kappa shape index (κ1) is 30.0. The number of sulfonamides is 1. The summed E-state index contributed by atoms with van der Waals surface area (Å²) in [5.41, 5.74) is 1.20. The Balaban J connectivity index is 1.62. The standard InChI is InChI=1S/C30H41N3O6S/c1-21-18-33(22(2)20-34)29(35)17-24-16-25(31-30(36)23-10-6-4-7-11-23)14-15-27(24)39-28(21)19-32(3)40(37,38)26-12-8-5-9-13-26/h5,8-9,12-16,21-23,28,34H,4,6-7,10-11,17-20H2,1-3H3,(H,31,36)/t21-,22-,28-/m0/s1. The van der Waals surface area contributed by atoms with Gasteiger partial charge in [0, 0.05) is 36.7 Å². The molecule has 1 fully saturated rings. The Morgan fingerprint density at radius 1 is 1.15 bits per heavy atom. The average Bonchev–Trinajstić information content (AvgIpc) is 3.01. The lowest BCUT2D eigenvalue weighted by Gasteiger charge is -2.33. The lowest BCUT2D eigenvalue weighted by atomic mass is 9.88. The van der Waals surface area contributed by atoms with Crippen molar-refractivity contribution in [3.8, 4) is 5.75 Å². The first-order valence-corrected chi connectivity index (χ1v) is 15.6. The number of aliphatic hydroxyl groups is 1. The molecule has 0 spiro atoms. The fraction of sp³-hybridized carbons (Fsp3) is 0.533. The molecule has 2 aliphatic rings. The van der Waals surface area contributed by atoms with E-state index in [0.717, 1.165) is 32.1 Å². The highest BCUT2D eigenvalue weighted by atomic mass is 32.2. The maximum absolute atomic E-state index is 13.4. The highest BCUT2D eigenvalue weighted by Crippen LogP contribution is 2.31. The van der Waals surface area contributed by atoms with Crippen molar-refractivity contribution in [2.24, 2.45) is 11.8 Å². The zero-order chi connectivity index (χ0) is 28.9. The molecule has 1 heterocycles. The van der Waals surface area contributed by atoms with Crippen molar-refractivity contribution in [2.75, 3.05) is 32.1 Å². The van der Waals surface area contributed by atoms with Gasteiger partial charge in [0.25, 0.3) is 0 Å². The van der Waals surface area contributed by atoms with Gasteiger partial charge in [-0.3, -0.25) is 9.59 Å². The Labute approximate surface area is 237 Å². The molecule has 3 atom stereocenters. The van der Waals surface area contributed by atoms with Crippen LogP contribution in [0.15, 0.2) is 53.4 Å². The number of carbonyl (C=O) groups is 2. The summed E-state index contributed by atoms with van der Waals surface area (Å²) in [6.45, 7) is 3.86. The van der Waals surface area contributed by atoms with Gasteiger partial charge in [0.2, 0.25) is 21.8 Å². The van der Waals surface area contributed by atoms with E-state index in [1.54, 1.807) is 60.4 Å². The molecule has 2 aromatic rings. The number of carbonyl (C=O) groups excluding carboxylic acids is 2. The van der Waals surface area contributed by atoms with Gasteiger partial charge in [-0.05, 0) is 50.1 Å². The number of likely N-dealkylation sites (N-methyl/N-ethyl adjacent to an activating group) is 1. The Morgan fingerprint density at radius 3 is 2.52 bits per heavy atom. The van der Waals surface area contributed by atoms with Crippen LogP contribution in [0.1, 0.15) is 51.5 Å². The first-order chi connectivity index (χ1) is 19.1. The van der Waals surface area contributed by atoms with Gasteiger partial charge in [-0.2, -0.15) is 4.31 Å². The highest BCUT2D eigenvalue weighted by molar-refractivity contribution is 7.89. The van der Waals surface area contributed by atoms with Gasteiger partial charge in [-0.1, -0.05) is 44.4 Å². The minimum absolute atomic E-state index is 0.00920. The predicted octanol–water partition coefficient (Wildman–Crippen LogP) is 3.68. The minimum Gasteiger partial charge on any atom is -0.488 e. The zero-order valence-electron chi connectivity index (χ0n) is 23.6. The molecule has 9 nitrogen and oxygen atoms in total. The van der Waals surface area contributed by atoms with Gasteiger partial charge in [-0.15, -0.1) is 0 Å². The highest BCUT2D eigenvalue weighted by Gasteiger charge is 2.33. The second kappa shape index (κ2) is 13.1. The van der Waals surface area contributed by atoms with Crippen LogP contribution in [-0.2, 0) is 26.0 Å². The zero-order valence-corrected chi connectivity index (χ0v) is 24.4. The van der Waals surface area contributed by atoms with E-state index < -0.39 is 22.2 Å². The summed E-state index contributed by atoms with van der Waals surface area (Å²) in [7, 11) is -2.24. The van der Waals surface area contributed by atoms with Crippen LogP contribution < -0.4 is 10.1 Å². The smallest absolute Gasteiger partial charge is 0.242 e. The summed E-state index contributed by atoms with van der Waals surface area (Å²) in [5.74, 6) is 0.0441. The Hall–Kier alpha value is -2.95. The van der Waals surface area contributed by atoms with E-state index in [4.69, 9.17) is 4.74 Å². The van der Waals surface area contributed by atoms with Crippen molar-refractivity contribution >= 4 is 27.5 Å². The summed E-state index contributed by atoms with van der Waals surface area (Å²) in [4.78, 5) is 28.2. The number of benzene rings is 2. The molecule has 1 saturated carbocycles. The van der Waals surface area contributed by atoms with Crippen molar-refractivity contribution in [1.29, 1.82) is 0 Å². The molecule has 4 rings (SSSR count). The van der Waals surface area contributed by atoms with Crippen LogP contribution >= 0.6 is 0 Å². The third-order valence-electron chi connectivity index (χ3n) is 8.05. The molecule has 0 radical (unpaired) electrons. The van der Waals surface area contributed by atoms with E-state index in [1.807, 2.05) is 6.92 Å². The van der Waals surface area contributed by atoms with E-state index in [0.29, 0.717) is 23.5 Å². The van der Waals surface area contributed by atoms with Gasteiger partial charge in [0.05, 0.1) is 30.5 Å². The van der Waals surface area contributed by atoms with E-state index >= 15 is 0 Å². The summed E-state index contributed by atoms with van der Waals surface area (Å²) < 4.78 is 34.3. The van der Waals surface area contributed by atoms with Crippen molar-refractivity contribution in [3.63, 3.8) is 0 Å². The van der Waals surface area contributed by atoms with Gasteiger partial charge >= 0.3 is 0 Å². The maximum atomic E-state index is 13.4. The van der Waals surface area contributed by atoms with Crippen molar-refractivity contribution < 1.29 is 27.9 Å². The van der Waals surface area contributed by atoms with E-state index in [1.165, 1.54) is 11.4 Å². The largest absolute Gasteiger partial charge is 0.488 e. The normalized spacial score (nSPS) is 21.5. The molecule has 0 unspecified atom stereocenters. The third kappa shape index (κ3) is 7.03. The number of nitrogens with one attached hydrogen (secondary N) is 1. The molecule has 2 aromatic carbocycles. The number of hydrogen-bond donors (Lipinski definition) is 2. The number of amides is 2. The molecule has 40 heavy (non-hydrogen) atoms. The average molecular weight is 572 g/mol. The Bertz CT molecular complexity index is 1280. The number of fused-ring (bicyclic) bond motifs is 1.